The fourth-order valence-corrected chi connectivity index (χ4v) is 3.08. The Kier molecular flexibility index (Phi) is 11.2. The predicted molar refractivity (Wildman–Crippen MR) is 126 cm³/mol. The molecule has 0 bridgehead atoms. The van der Waals surface area contributed by atoms with Crippen molar-refractivity contribution in [1.82, 2.24) is 10.6 Å². The Bertz CT molecular complexity index is 815. The third kappa shape index (κ3) is 7.95. The monoisotopic (exact) mass is 476 g/mol. The normalized spacial score (nSPS) is 10.1. The Morgan fingerprint density at radius 2 is 0.912 bits per heavy atom. The minimum absolute atomic E-state index is 0.230. The van der Waals surface area contributed by atoms with Crippen molar-refractivity contribution < 1.29 is 38.0 Å². The van der Waals surface area contributed by atoms with Crippen LogP contribution in [0.3, 0.4) is 0 Å². The first-order chi connectivity index (χ1) is 16.5. The molecule has 2 N–H and O–H groups in total. The number of benzene rings is 2. The van der Waals surface area contributed by atoms with Crippen LogP contribution in [0.4, 0.5) is 9.59 Å². The molecule has 0 heterocycles. The second-order valence-corrected chi connectivity index (χ2v) is 7.03. The summed E-state index contributed by atoms with van der Waals surface area (Å²) in [5.41, 5.74) is 0. The molecule has 0 atom stereocenters. The molecule has 34 heavy (non-hydrogen) atoms. The van der Waals surface area contributed by atoms with Gasteiger partial charge >= 0.3 is 12.2 Å². The second kappa shape index (κ2) is 14.4. The molecule has 10 nitrogen and oxygen atoms in total. The van der Waals surface area contributed by atoms with Gasteiger partial charge in [0.2, 0.25) is 11.5 Å². The molecule has 0 aliphatic rings. The first-order valence-electron chi connectivity index (χ1n) is 10.9. The summed E-state index contributed by atoms with van der Waals surface area (Å²) in [6.45, 7) is 0.915. The van der Waals surface area contributed by atoms with Crippen LogP contribution in [0.15, 0.2) is 36.4 Å². The molecule has 2 amide bonds. The van der Waals surface area contributed by atoms with E-state index in [4.69, 9.17) is 28.4 Å². The number of rotatable bonds is 13. The predicted octanol–water partition coefficient (Wildman–Crippen LogP) is 4.16. The molecular weight excluding hydrogens is 444 g/mol. The van der Waals surface area contributed by atoms with Crippen molar-refractivity contribution in [1.29, 1.82) is 0 Å². The van der Waals surface area contributed by atoms with Gasteiger partial charge in [0.1, 0.15) is 0 Å². The number of amides is 2. The summed E-state index contributed by atoms with van der Waals surface area (Å²) < 4.78 is 31.5. The summed E-state index contributed by atoms with van der Waals surface area (Å²) in [7, 11) is 5.96. The summed E-state index contributed by atoms with van der Waals surface area (Å²) >= 11 is 0. The maximum atomic E-state index is 12.1. The van der Waals surface area contributed by atoms with E-state index in [1.807, 2.05) is 0 Å². The summed E-state index contributed by atoms with van der Waals surface area (Å²) in [4.78, 5) is 24.2. The van der Waals surface area contributed by atoms with Crippen LogP contribution in [0.1, 0.15) is 25.7 Å². The van der Waals surface area contributed by atoms with Crippen molar-refractivity contribution in [3.8, 4) is 34.5 Å². The molecule has 0 saturated heterocycles. The van der Waals surface area contributed by atoms with Crippen molar-refractivity contribution in [3.05, 3.63) is 36.4 Å². The lowest BCUT2D eigenvalue weighted by Crippen LogP contribution is -2.28. The van der Waals surface area contributed by atoms with Crippen LogP contribution in [0.25, 0.3) is 0 Å². The third-order valence-electron chi connectivity index (χ3n) is 4.80. The van der Waals surface area contributed by atoms with E-state index in [1.54, 1.807) is 36.4 Å². The topological polar surface area (TPSA) is 114 Å². The largest absolute Gasteiger partial charge is 0.493 e. The average Bonchev–Trinajstić information content (AvgIpc) is 2.85. The van der Waals surface area contributed by atoms with E-state index in [0.29, 0.717) is 36.1 Å². The van der Waals surface area contributed by atoms with Crippen LogP contribution in [0.5, 0.6) is 34.5 Å². The number of ether oxygens (including phenoxy) is 6. The smallest absolute Gasteiger partial charge is 0.412 e. The standard InChI is InChI=1S/C24H32N2O8/c1-29-17-11-9-12-18(30-2)21(17)33-23(27)25-15-7-5-6-8-16-26-24(28)34-22-19(31-3)13-10-14-20(22)32-4/h9-14H,5-8,15-16H2,1-4H3,(H,25,27)(H,26,28). The molecule has 0 aromatic heterocycles. The molecule has 2 rings (SSSR count). The van der Waals surface area contributed by atoms with Gasteiger partial charge in [-0.15, -0.1) is 0 Å². The lowest BCUT2D eigenvalue weighted by molar-refractivity contribution is 0.194. The Morgan fingerprint density at radius 3 is 1.21 bits per heavy atom. The fraction of sp³-hybridized carbons (Fsp3) is 0.417. The Balaban J connectivity index is 1.61. The van der Waals surface area contributed by atoms with Gasteiger partial charge < -0.3 is 39.1 Å². The Labute approximate surface area is 199 Å². The van der Waals surface area contributed by atoms with Gasteiger partial charge in [-0.1, -0.05) is 25.0 Å². The van der Waals surface area contributed by atoms with E-state index in [9.17, 15) is 9.59 Å². The van der Waals surface area contributed by atoms with Crippen LogP contribution in [-0.2, 0) is 0 Å². The lowest BCUT2D eigenvalue weighted by atomic mass is 10.2. The van der Waals surface area contributed by atoms with Gasteiger partial charge in [-0.25, -0.2) is 9.59 Å². The van der Waals surface area contributed by atoms with E-state index < -0.39 is 12.2 Å². The van der Waals surface area contributed by atoms with E-state index >= 15 is 0 Å². The van der Waals surface area contributed by atoms with Gasteiger partial charge in [-0.05, 0) is 37.1 Å². The second-order valence-electron chi connectivity index (χ2n) is 7.03. The van der Waals surface area contributed by atoms with E-state index in [0.717, 1.165) is 25.7 Å². The van der Waals surface area contributed by atoms with Crippen LogP contribution >= 0.6 is 0 Å². The number of carbonyl (C=O) groups excluding carboxylic acids is 2. The van der Waals surface area contributed by atoms with Crippen LogP contribution in [0, 0.1) is 0 Å². The third-order valence-corrected chi connectivity index (χ3v) is 4.80. The SMILES string of the molecule is COc1cccc(OC)c1OC(=O)NCCCCCCNC(=O)Oc1c(OC)cccc1OC. The highest BCUT2D eigenvalue weighted by atomic mass is 16.6. The van der Waals surface area contributed by atoms with Gasteiger partial charge in [-0.3, -0.25) is 0 Å². The minimum atomic E-state index is -0.584. The van der Waals surface area contributed by atoms with Crippen molar-refractivity contribution in [3.63, 3.8) is 0 Å². The quantitative estimate of drug-likeness (QED) is 0.415. The van der Waals surface area contributed by atoms with Crippen LogP contribution in [0.2, 0.25) is 0 Å². The van der Waals surface area contributed by atoms with E-state index in [1.165, 1.54) is 28.4 Å². The minimum Gasteiger partial charge on any atom is -0.493 e. The Hall–Kier alpha value is -3.82. The van der Waals surface area contributed by atoms with Gasteiger partial charge in [0, 0.05) is 13.1 Å². The zero-order valence-corrected chi connectivity index (χ0v) is 20.0. The van der Waals surface area contributed by atoms with E-state index in [2.05, 4.69) is 10.6 Å². The number of carbonyl (C=O) groups is 2. The zero-order valence-electron chi connectivity index (χ0n) is 20.0. The molecule has 0 unspecified atom stereocenters. The van der Waals surface area contributed by atoms with E-state index in [-0.39, 0.29) is 11.5 Å². The lowest BCUT2D eigenvalue weighted by Gasteiger charge is -2.13. The highest BCUT2D eigenvalue weighted by Gasteiger charge is 2.16. The number of para-hydroxylation sites is 2. The van der Waals surface area contributed by atoms with Crippen molar-refractivity contribution in [2.24, 2.45) is 0 Å². The fourth-order valence-electron chi connectivity index (χ4n) is 3.08. The van der Waals surface area contributed by atoms with Gasteiger partial charge in [0.05, 0.1) is 28.4 Å². The first kappa shape index (κ1) is 26.4. The van der Waals surface area contributed by atoms with Gasteiger partial charge in [-0.2, -0.15) is 0 Å². The molecule has 0 saturated carbocycles. The van der Waals surface area contributed by atoms with Gasteiger partial charge in [0.15, 0.2) is 23.0 Å². The summed E-state index contributed by atoms with van der Waals surface area (Å²) in [6.07, 6.45) is 2.10. The highest BCUT2D eigenvalue weighted by molar-refractivity contribution is 5.73. The van der Waals surface area contributed by atoms with Crippen LogP contribution in [-0.4, -0.2) is 53.7 Å². The molecular formula is C24H32N2O8. The molecule has 2 aromatic carbocycles. The molecule has 10 heteroatoms. The summed E-state index contributed by atoms with van der Waals surface area (Å²) in [5.74, 6) is 2.09. The molecule has 2 aromatic rings. The first-order valence-corrected chi connectivity index (χ1v) is 10.9. The van der Waals surface area contributed by atoms with Crippen molar-refractivity contribution in [2.45, 2.75) is 25.7 Å². The average molecular weight is 477 g/mol. The Morgan fingerprint density at radius 1 is 0.588 bits per heavy atom. The number of hydrogen-bond donors (Lipinski definition) is 2. The maximum Gasteiger partial charge on any atom is 0.412 e. The zero-order chi connectivity index (χ0) is 24.8. The van der Waals surface area contributed by atoms with Crippen molar-refractivity contribution in [2.75, 3.05) is 41.5 Å². The molecule has 0 aliphatic heterocycles. The molecule has 0 radical (unpaired) electrons. The number of methoxy groups -OCH3 is 4. The highest BCUT2D eigenvalue weighted by Crippen LogP contribution is 2.37. The van der Waals surface area contributed by atoms with Gasteiger partial charge in [0.25, 0.3) is 0 Å². The number of nitrogens with one attached hydrogen (secondary N) is 2. The maximum absolute atomic E-state index is 12.1. The number of unbranched alkanes of at least 4 members (excludes halogenated alkanes) is 3. The van der Waals surface area contributed by atoms with Crippen molar-refractivity contribution >= 4 is 12.2 Å². The molecule has 0 fully saturated rings. The molecule has 0 spiro atoms. The summed E-state index contributed by atoms with van der Waals surface area (Å²) in [6, 6.07) is 10.2. The molecule has 186 valence electrons. The summed E-state index contributed by atoms with van der Waals surface area (Å²) in [5, 5.41) is 5.41. The van der Waals surface area contributed by atoms with Crippen LogP contribution < -0.4 is 39.1 Å². The molecule has 0 aliphatic carbocycles. The number of hydrogen-bond acceptors (Lipinski definition) is 8.